The molecule has 4 heteroatoms. The fourth-order valence-electron chi connectivity index (χ4n) is 2.26. The Morgan fingerprint density at radius 3 is 2.40 bits per heavy atom. The molecule has 0 saturated heterocycles. The molecule has 2 nitrogen and oxygen atoms in total. The molecular formula is C16H12Cl2O2. The molecular weight excluding hydrogens is 295 g/mol. The van der Waals surface area contributed by atoms with Crippen molar-refractivity contribution in [1.29, 1.82) is 0 Å². The summed E-state index contributed by atoms with van der Waals surface area (Å²) in [4.78, 5) is 0. The van der Waals surface area contributed by atoms with Gasteiger partial charge in [-0.05, 0) is 25.1 Å². The van der Waals surface area contributed by atoms with Gasteiger partial charge < -0.3 is 9.52 Å². The van der Waals surface area contributed by atoms with Crippen LogP contribution >= 0.6 is 23.2 Å². The van der Waals surface area contributed by atoms with E-state index < -0.39 is 5.60 Å². The summed E-state index contributed by atoms with van der Waals surface area (Å²) in [6, 6.07) is 14.4. The minimum atomic E-state index is -1.32. The molecule has 3 rings (SSSR count). The van der Waals surface area contributed by atoms with E-state index in [0.29, 0.717) is 27.0 Å². The predicted octanol–water partition coefficient (Wildman–Crippen LogP) is 5.00. The van der Waals surface area contributed by atoms with E-state index in [1.807, 2.05) is 24.3 Å². The summed E-state index contributed by atoms with van der Waals surface area (Å²) in [5.41, 5.74) is -0.158. The molecule has 20 heavy (non-hydrogen) atoms. The summed E-state index contributed by atoms with van der Waals surface area (Å²) in [6.07, 6.45) is 0. The third-order valence-electron chi connectivity index (χ3n) is 3.37. The second-order valence-electron chi connectivity index (χ2n) is 4.82. The molecule has 0 aliphatic heterocycles. The van der Waals surface area contributed by atoms with Crippen molar-refractivity contribution in [3.05, 3.63) is 69.9 Å². The van der Waals surface area contributed by atoms with Gasteiger partial charge in [0.2, 0.25) is 0 Å². The van der Waals surface area contributed by atoms with E-state index in [0.717, 1.165) is 5.39 Å². The van der Waals surface area contributed by atoms with Gasteiger partial charge in [0.25, 0.3) is 0 Å². The van der Waals surface area contributed by atoms with Crippen molar-refractivity contribution >= 4 is 34.2 Å². The van der Waals surface area contributed by atoms with E-state index in [2.05, 4.69) is 0 Å². The molecule has 102 valence electrons. The summed E-state index contributed by atoms with van der Waals surface area (Å²) in [6.45, 7) is 1.65. The number of furan rings is 1. The van der Waals surface area contributed by atoms with Crippen molar-refractivity contribution in [3.8, 4) is 0 Å². The zero-order valence-electron chi connectivity index (χ0n) is 10.7. The fraction of sp³-hybridized carbons (Fsp3) is 0.125. The second-order valence-corrected chi connectivity index (χ2v) is 5.64. The average Bonchev–Trinajstić information content (AvgIpc) is 2.85. The minimum absolute atomic E-state index is 0.411. The lowest BCUT2D eigenvalue weighted by Gasteiger charge is -2.22. The van der Waals surface area contributed by atoms with Crippen molar-refractivity contribution in [3.63, 3.8) is 0 Å². The molecule has 0 aliphatic rings. The smallest absolute Gasteiger partial charge is 0.153 e. The Morgan fingerprint density at radius 2 is 1.70 bits per heavy atom. The van der Waals surface area contributed by atoms with Gasteiger partial charge in [0.05, 0.1) is 5.02 Å². The molecule has 0 saturated carbocycles. The maximum absolute atomic E-state index is 10.8. The van der Waals surface area contributed by atoms with Crippen LogP contribution in [0.3, 0.4) is 0 Å². The molecule has 1 atom stereocenters. The number of fused-ring (bicyclic) bond motifs is 1. The highest BCUT2D eigenvalue weighted by atomic mass is 35.5. The van der Waals surface area contributed by atoms with Crippen molar-refractivity contribution in [2.45, 2.75) is 12.5 Å². The van der Waals surface area contributed by atoms with Gasteiger partial charge in [-0.2, -0.15) is 0 Å². The fourth-order valence-corrected chi connectivity index (χ4v) is 2.80. The minimum Gasteiger partial charge on any atom is -0.456 e. The standard InChI is InChI=1S/C16H12Cl2O2/c1-16(19,11-6-2-3-7-12(11)17)14-9-10-5-4-8-13(18)15(10)20-14/h2-9,19H,1H3. The summed E-state index contributed by atoms with van der Waals surface area (Å²) in [5.74, 6) is 0.411. The molecule has 0 radical (unpaired) electrons. The number of aliphatic hydroxyl groups is 1. The molecule has 1 heterocycles. The highest BCUT2D eigenvalue weighted by molar-refractivity contribution is 6.34. The third kappa shape index (κ3) is 2.10. The van der Waals surface area contributed by atoms with Gasteiger partial charge in [-0.25, -0.2) is 0 Å². The van der Waals surface area contributed by atoms with Crippen LogP contribution in [0.25, 0.3) is 11.0 Å². The Bertz CT molecular complexity index is 775. The van der Waals surface area contributed by atoms with E-state index in [4.69, 9.17) is 27.6 Å². The zero-order valence-corrected chi connectivity index (χ0v) is 12.2. The van der Waals surface area contributed by atoms with E-state index in [9.17, 15) is 5.11 Å². The van der Waals surface area contributed by atoms with E-state index in [1.165, 1.54) is 0 Å². The van der Waals surface area contributed by atoms with Crippen molar-refractivity contribution in [2.75, 3.05) is 0 Å². The number of hydrogen-bond acceptors (Lipinski definition) is 2. The van der Waals surface area contributed by atoms with Crippen LogP contribution < -0.4 is 0 Å². The summed E-state index contributed by atoms with van der Waals surface area (Å²) in [5, 5.41) is 12.7. The molecule has 0 spiro atoms. The van der Waals surface area contributed by atoms with E-state index in [1.54, 1.807) is 31.2 Å². The quantitative estimate of drug-likeness (QED) is 0.723. The lowest BCUT2D eigenvalue weighted by Crippen LogP contribution is -2.22. The van der Waals surface area contributed by atoms with Crippen LogP contribution in [-0.2, 0) is 5.60 Å². The highest BCUT2D eigenvalue weighted by Gasteiger charge is 2.31. The molecule has 0 bridgehead atoms. The normalized spacial score (nSPS) is 14.4. The van der Waals surface area contributed by atoms with Crippen LogP contribution in [0, 0.1) is 0 Å². The first-order valence-electron chi connectivity index (χ1n) is 6.16. The number of rotatable bonds is 2. The lowest BCUT2D eigenvalue weighted by molar-refractivity contribution is 0.0787. The maximum Gasteiger partial charge on any atom is 0.153 e. The van der Waals surface area contributed by atoms with Crippen LogP contribution in [0.15, 0.2) is 52.9 Å². The second kappa shape index (κ2) is 4.81. The van der Waals surface area contributed by atoms with Crippen molar-refractivity contribution < 1.29 is 9.52 Å². The Labute approximate surface area is 126 Å². The van der Waals surface area contributed by atoms with E-state index >= 15 is 0 Å². The van der Waals surface area contributed by atoms with Crippen LogP contribution in [-0.4, -0.2) is 5.11 Å². The topological polar surface area (TPSA) is 33.4 Å². The van der Waals surface area contributed by atoms with Crippen molar-refractivity contribution in [1.82, 2.24) is 0 Å². The maximum atomic E-state index is 10.8. The van der Waals surface area contributed by atoms with Crippen LogP contribution in [0.1, 0.15) is 18.2 Å². The molecule has 3 aromatic rings. The lowest BCUT2D eigenvalue weighted by atomic mass is 9.93. The first kappa shape index (κ1) is 13.5. The predicted molar refractivity (Wildman–Crippen MR) is 81.3 cm³/mol. The summed E-state index contributed by atoms with van der Waals surface area (Å²) in [7, 11) is 0. The van der Waals surface area contributed by atoms with Crippen LogP contribution in [0.5, 0.6) is 0 Å². The highest BCUT2D eigenvalue weighted by Crippen LogP contribution is 2.37. The van der Waals surface area contributed by atoms with Crippen molar-refractivity contribution in [2.24, 2.45) is 0 Å². The van der Waals surface area contributed by atoms with Gasteiger partial charge in [0.1, 0.15) is 11.4 Å². The number of hydrogen-bond donors (Lipinski definition) is 1. The van der Waals surface area contributed by atoms with Gasteiger partial charge in [0, 0.05) is 16.0 Å². The van der Waals surface area contributed by atoms with Gasteiger partial charge >= 0.3 is 0 Å². The summed E-state index contributed by atoms with van der Waals surface area (Å²) < 4.78 is 5.73. The van der Waals surface area contributed by atoms with Gasteiger partial charge in [-0.15, -0.1) is 0 Å². The monoisotopic (exact) mass is 306 g/mol. The molecule has 2 aromatic carbocycles. The number of benzene rings is 2. The first-order chi connectivity index (χ1) is 9.50. The Kier molecular flexibility index (Phi) is 3.25. The average molecular weight is 307 g/mol. The molecule has 1 N–H and O–H groups in total. The van der Waals surface area contributed by atoms with Crippen LogP contribution in [0.2, 0.25) is 10.0 Å². The number of para-hydroxylation sites is 1. The van der Waals surface area contributed by atoms with E-state index in [-0.39, 0.29) is 0 Å². The van der Waals surface area contributed by atoms with Gasteiger partial charge in [-0.3, -0.25) is 0 Å². The first-order valence-corrected chi connectivity index (χ1v) is 6.91. The Morgan fingerprint density at radius 1 is 1.00 bits per heavy atom. The molecule has 0 amide bonds. The Hall–Kier alpha value is -1.48. The molecule has 0 fully saturated rings. The molecule has 1 aromatic heterocycles. The SMILES string of the molecule is CC(O)(c1cc2cccc(Cl)c2o1)c1ccccc1Cl. The third-order valence-corrected chi connectivity index (χ3v) is 4.00. The van der Waals surface area contributed by atoms with Gasteiger partial charge in [-0.1, -0.05) is 53.5 Å². The number of halogens is 2. The van der Waals surface area contributed by atoms with Crippen LogP contribution in [0.4, 0.5) is 0 Å². The zero-order chi connectivity index (χ0) is 14.3. The largest absolute Gasteiger partial charge is 0.456 e. The Balaban J connectivity index is 2.19. The molecule has 0 aliphatic carbocycles. The summed E-state index contributed by atoms with van der Waals surface area (Å²) >= 11 is 12.3. The van der Waals surface area contributed by atoms with Gasteiger partial charge in [0.15, 0.2) is 5.58 Å². The molecule has 1 unspecified atom stereocenters.